The van der Waals surface area contributed by atoms with Crippen LogP contribution in [0.2, 0.25) is 0 Å². The van der Waals surface area contributed by atoms with Crippen molar-refractivity contribution < 1.29 is 29.1 Å². The molecule has 0 bridgehead atoms. The summed E-state index contributed by atoms with van der Waals surface area (Å²) >= 11 is 3.92. The summed E-state index contributed by atoms with van der Waals surface area (Å²) in [5.74, 6) is -4.32. The second-order valence-electron chi connectivity index (χ2n) is 9.16. The number of benzene rings is 1. The van der Waals surface area contributed by atoms with E-state index in [0.717, 1.165) is 16.5 Å². The first kappa shape index (κ1) is 31.6. The lowest BCUT2D eigenvalue weighted by molar-refractivity contribution is -0.141. The van der Waals surface area contributed by atoms with Crippen LogP contribution in [0.1, 0.15) is 37.7 Å². The van der Waals surface area contributed by atoms with Gasteiger partial charge in [-0.1, -0.05) is 24.6 Å². The number of nitrogens with one attached hydrogen (secondary N) is 4. The molecule has 0 aliphatic heterocycles. The monoisotopic (exact) mass is 563 g/mol. The number of carboxylic acid groups (broad SMARTS) is 1. The minimum Gasteiger partial charge on any atom is -0.480 e. The van der Waals surface area contributed by atoms with Gasteiger partial charge in [-0.05, 0) is 37.4 Å². The van der Waals surface area contributed by atoms with Crippen molar-refractivity contribution in [1.29, 1.82) is 0 Å². The number of fused-ring (bicyclic) bond motifs is 1. The molecule has 1 aromatic heterocycles. The third-order valence-electron chi connectivity index (χ3n) is 6.15. The Hall–Kier alpha value is -3.62. The fraction of sp³-hybridized carbons (Fsp3) is 0.480. The summed E-state index contributed by atoms with van der Waals surface area (Å²) in [4.78, 5) is 65.0. The zero-order chi connectivity index (χ0) is 28.9. The number of thiol groups is 1. The quantitative estimate of drug-likeness (QED) is 0.0844. The third kappa shape index (κ3) is 9.89. The highest BCUT2D eigenvalue weighted by molar-refractivity contribution is 7.80. The van der Waals surface area contributed by atoms with Crippen LogP contribution < -0.4 is 33.2 Å². The number of unbranched alkanes of at least 4 members (excludes halogenated alkanes) is 1. The number of aromatic nitrogens is 1. The number of carbonyl (C=O) groups excluding carboxylic acids is 4. The van der Waals surface area contributed by atoms with Gasteiger partial charge in [-0.2, -0.15) is 12.6 Å². The van der Waals surface area contributed by atoms with Crippen molar-refractivity contribution in [2.24, 2.45) is 17.2 Å². The maximum atomic E-state index is 13.5. The lowest BCUT2D eigenvalue weighted by Gasteiger charge is -2.25. The van der Waals surface area contributed by atoms with Gasteiger partial charge < -0.3 is 43.2 Å². The van der Waals surface area contributed by atoms with Crippen LogP contribution in [0.3, 0.4) is 0 Å². The van der Waals surface area contributed by atoms with E-state index in [0.29, 0.717) is 25.8 Å². The minimum absolute atomic E-state index is 0.0651. The molecule has 39 heavy (non-hydrogen) atoms. The van der Waals surface area contributed by atoms with Gasteiger partial charge in [0.05, 0.1) is 6.04 Å². The molecule has 0 fully saturated rings. The third-order valence-corrected chi connectivity index (χ3v) is 6.51. The molecular formula is C25H37N7O6S. The number of hydrogen-bond donors (Lipinski definition) is 9. The van der Waals surface area contributed by atoms with E-state index in [4.69, 9.17) is 17.2 Å². The average molecular weight is 564 g/mol. The number of aliphatic carboxylic acids is 1. The van der Waals surface area contributed by atoms with Crippen molar-refractivity contribution in [1.82, 2.24) is 20.9 Å². The molecule has 13 nitrogen and oxygen atoms in total. The fourth-order valence-corrected chi connectivity index (χ4v) is 4.18. The van der Waals surface area contributed by atoms with Crippen molar-refractivity contribution >= 4 is 53.1 Å². The highest BCUT2D eigenvalue weighted by atomic mass is 32.1. The van der Waals surface area contributed by atoms with E-state index >= 15 is 0 Å². The minimum atomic E-state index is -1.32. The predicted molar refractivity (Wildman–Crippen MR) is 149 cm³/mol. The highest BCUT2D eigenvalue weighted by Crippen LogP contribution is 2.19. The van der Waals surface area contributed by atoms with Crippen molar-refractivity contribution in [2.45, 2.75) is 62.7 Å². The van der Waals surface area contributed by atoms with Crippen LogP contribution >= 0.6 is 12.6 Å². The first-order valence-electron chi connectivity index (χ1n) is 12.6. The summed E-state index contributed by atoms with van der Waals surface area (Å²) in [6, 6.07) is 2.79. The van der Waals surface area contributed by atoms with Gasteiger partial charge in [0, 0.05) is 35.7 Å². The van der Waals surface area contributed by atoms with Crippen LogP contribution in [-0.2, 0) is 30.4 Å². The summed E-state index contributed by atoms with van der Waals surface area (Å²) in [6.45, 7) is 0.463. The molecule has 0 spiro atoms. The molecule has 2 aromatic rings. The number of amides is 4. The number of aromatic amines is 1. The van der Waals surface area contributed by atoms with Gasteiger partial charge in [0.1, 0.15) is 18.1 Å². The molecule has 0 saturated heterocycles. The summed E-state index contributed by atoms with van der Waals surface area (Å²) in [7, 11) is 0. The van der Waals surface area contributed by atoms with Crippen LogP contribution in [0.4, 0.5) is 0 Å². The number of primary amides is 1. The van der Waals surface area contributed by atoms with Crippen molar-refractivity contribution in [3.63, 3.8) is 0 Å². The first-order chi connectivity index (χ1) is 18.6. The van der Waals surface area contributed by atoms with Gasteiger partial charge in [-0.3, -0.25) is 19.2 Å². The first-order valence-corrected chi connectivity index (χ1v) is 13.2. The molecule has 1 aromatic carbocycles. The topological polar surface area (TPSA) is 236 Å². The second kappa shape index (κ2) is 15.7. The van der Waals surface area contributed by atoms with E-state index < -0.39 is 53.8 Å². The number of para-hydroxylation sites is 1. The normalized spacial score (nSPS) is 14.1. The highest BCUT2D eigenvalue weighted by Gasteiger charge is 2.30. The van der Waals surface area contributed by atoms with E-state index in [1.54, 1.807) is 6.20 Å². The molecule has 0 radical (unpaired) electrons. The van der Waals surface area contributed by atoms with Crippen LogP contribution in [0.5, 0.6) is 0 Å². The molecule has 2 rings (SSSR count). The molecule has 4 atom stereocenters. The van der Waals surface area contributed by atoms with Crippen molar-refractivity contribution in [3.8, 4) is 0 Å². The van der Waals surface area contributed by atoms with E-state index in [-0.39, 0.29) is 25.0 Å². The Morgan fingerprint density at radius 2 is 1.56 bits per heavy atom. The zero-order valence-corrected chi connectivity index (χ0v) is 22.4. The average Bonchev–Trinajstić information content (AvgIpc) is 3.31. The number of hydrogen-bond acceptors (Lipinski definition) is 8. The summed E-state index contributed by atoms with van der Waals surface area (Å²) in [6.07, 6.45) is 3.06. The lowest BCUT2D eigenvalue weighted by Crippen LogP contribution is -2.57. The molecule has 14 heteroatoms. The maximum absolute atomic E-state index is 13.5. The van der Waals surface area contributed by atoms with Gasteiger partial charge >= 0.3 is 5.97 Å². The Morgan fingerprint density at radius 1 is 0.923 bits per heavy atom. The zero-order valence-electron chi connectivity index (χ0n) is 21.5. The van der Waals surface area contributed by atoms with Gasteiger partial charge in [0.25, 0.3) is 0 Å². The molecule has 11 N–H and O–H groups in total. The summed E-state index contributed by atoms with van der Waals surface area (Å²) in [5, 5.41) is 17.6. The van der Waals surface area contributed by atoms with Gasteiger partial charge in [-0.25, -0.2) is 4.79 Å². The number of H-pyrrole nitrogens is 1. The number of nitrogens with two attached hydrogens (primary N) is 3. The Balaban J connectivity index is 2.28. The molecule has 0 aliphatic rings. The fourth-order valence-electron chi connectivity index (χ4n) is 3.93. The van der Waals surface area contributed by atoms with Crippen LogP contribution in [-0.4, -0.2) is 76.2 Å². The van der Waals surface area contributed by atoms with E-state index in [2.05, 4.69) is 33.6 Å². The number of rotatable bonds is 17. The summed E-state index contributed by atoms with van der Waals surface area (Å²) in [5.41, 5.74) is 18.3. The van der Waals surface area contributed by atoms with Crippen LogP contribution in [0.15, 0.2) is 30.5 Å². The predicted octanol–water partition coefficient (Wildman–Crippen LogP) is -1.10. The van der Waals surface area contributed by atoms with E-state index in [9.17, 15) is 29.1 Å². The van der Waals surface area contributed by atoms with Gasteiger partial charge in [0.15, 0.2) is 0 Å². The van der Waals surface area contributed by atoms with Gasteiger partial charge in [0.2, 0.25) is 23.6 Å². The number of carbonyl (C=O) groups is 5. The molecule has 0 aliphatic carbocycles. The molecular weight excluding hydrogens is 526 g/mol. The summed E-state index contributed by atoms with van der Waals surface area (Å²) < 4.78 is 0. The SMILES string of the molecule is NCCCCC(N)C(=O)NC(Cc1c[nH]c2ccccc12)C(=O)NC(CCC(N)=O)C(=O)NC(CS)C(=O)O. The molecule has 214 valence electrons. The van der Waals surface area contributed by atoms with Crippen LogP contribution in [0, 0.1) is 0 Å². The Kier molecular flexibility index (Phi) is 12.7. The Labute approximate surface area is 231 Å². The largest absolute Gasteiger partial charge is 0.480 e. The van der Waals surface area contributed by atoms with E-state index in [1.807, 2.05) is 24.3 Å². The lowest BCUT2D eigenvalue weighted by atomic mass is 10.0. The molecule has 4 unspecified atom stereocenters. The van der Waals surface area contributed by atoms with E-state index in [1.165, 1.54) is 0 Å². The Bertz CT molecular complexity index is 1160. The van der Waals surface area contributed by atoms with Gasteiger partial charge in [-0.15, -0.1) is 0 Å². The molecule has 1 heterocycles. The molecule has 0 saturated carbocycles. The Morgan fingerprint density at radius 3 is 2.21 bits per heavy atom. The van der Waals surface area contributed by atoms with Crippen LogP contribution in [0.25, 0.3) is 10.9 Å². The molecule has 4 amide bonds. The maximum Gasteiger partial charge on any atom is 0.327 e. The smallest absolute Gasteiger partial charge is 0.327 e. The van der Waals surface area contributed by atoms with Crippen molar-refractivity contribution in [2.75, 3.05) is 12.3 Å². The number of carboxylic acids is 1. The standard InChI is InChI=1S/C25H37N7O6S/c26-10-4-3-6-16(27)22(34)31-19(11-14-12-29-17-7-2-1-5-15(14)17)24(36)30-18(8-9-21(28)33)23(35)32-20(13-39)25(37)38/h1-2,5,7,12,16,18-20,29,39H,3-4,6,8-11,13,26-27H2,(H2,28,33)(H,30,36)(H,31,34)(H,32,35)(H,37,38). The second-order valence-corrected chi connectivity index (χ2v) is 9.53. The van der Waals surface area contributed by atoms with Crippen molar-refractivity contribution in [3.05, 3.63) is 36.0 Å².